The van der Waals surface area contributed by atoms with Crippen LogP contribution in [-0.2, 0) is 9.59 Å². The second kappa shape index (κ2) is 8.21. The molecule has 20 heavy (non-hydrogen) atoms. The Labute approximate surface area is 120 Å². The molecule has 0 aromatic heterocycles. The number of piperazine rings is 1. The maximum absolute atomic E-state index is 12.1. The van der Waals surface area contributed by atoms with Crippen molar-refractivity contribution in [1.29, 1.82) is 0 Å². The molecule has 1 rings (SSSR count). The lowest BCUT2D eigenvalue weighted by molar-refractivity contribution is -0.138. The molecule has 0 aliphatic carbocycles. The fourth-order valence-corrected chi connectivity index (χ4v) is 2.27. The third-order valence-corrected chi connectivity index (χ3v) is 3.69. The molecule has 0 bridgehead atoms. The van der Waals surface area contributed by atoms with Crippen LogP contribution in [0.4, 0.5) is 0 Å². The molecule has 6 heteroatoms. The first-order chi connectivity index (χ1) is 9.40. The highest BCUT2D eigenvalue weighted by Gasteiger charge is 2.25. The summed E-state index contributed by atoms with van der Waals surface area (Å²) in [6.45, 7) is 8.64. The average molecular weight is 285 g/mol. The van der Waals surface area contributed by atoms with E-state index in [1.165, 1.54) is 6.42 Å². The molecule has 1 atom stereocenters. The number of carboxylic acids is 1. The molecule has 0 spiro atoms. The molecule has 0 aromatic carbocycles. The largest absolute Gasteiger partial charge is 0.481 e. The molecule has 0 radical (unpaired) electrons. The van der Waals surface area contributed by atoms with Crippen LogP contribution in [0.5, 0.6) is 0 Å². The van der Waals surface area contributed by atoms with Crippen LogP contribution in [0.2, 0.25) is 0 Å². The lowest BCUT2D eigenvalue weighted by Gasteiger charge is -2.36. The lowest BCUT2D eigenvalue weighted by atomic mass is 10.1. The van der Waals surface area contributed by atoms with Gasteiger partial charge >= 0.3 is 5.97 Å². The van der Waals surface area contributed by atoms with Gasteiger partial charge in [-0.1, -0.05) is 13.8 Å². The standard InChI is InChI=1S/C14H27N3O3/c1-11(2)5-6-16-7-9-17(10-8-16)14(20)12(15)3-4-13(18)19/h11-12H,3-10,15H2,1-2H3,(H,18,19). The van der Waals surface area contributed by atoms with E-state index in [9.17, 15) is 9.59 Å². The number of carboxylic acid groups (broad SMARTS) is 1. The monoisotopic (exact) mass is 285 g/mol. The Hall–Kier alpha value is -1.14. The van der Waals surface area contributed by atoms with Gasteiger partial charge in [0.2, 0.25) is 5.91 Å². The number of carbonyl (C=O) groups excluding carboxylic acids is 1. The first-order valence-electron chi connectivity index (χ1n) is 7.38. The van der Waals surface area contributed by atoms with E-state index >= 15 is 0 Å². The highest BCUT2D eigenvalue weighted by Crippen LogP contribution is 2.08. The Kier molecular flexibility index (Phi) is 6.95. The minimum Gasteiger partial charge on any atom is -0.481 e. The third-order valence-electron chi connectivity index (χ3n) is 3.69. The van der Waals surface area contributed by atoms with Gasteiger partial charge in [0.05, 0.1) is 6.04 Å². The highest BCUT2D eigenvalue weighted by molar-refractivity contribution is 5.82. The van der Waals surface area contributed by atoms with Gasteiger partial charge in [-0.05, 0) is 25.3 Å². The van der Waals surface area contributed by atoms with E-state index in [-0.39, 0.29) is 18.7 Å². The molecule has 1 saturated heterocycles. The fourth-order valence-electron chi connectivity index (χ4n) is 2.27. The van der Waals surface area contributed by atoms with Crippen LogP contribution in [0.1, 0.15) is 33.1 Å². The summed E-state index contributed by atoms with van der Waals surface area (Å²) >= 11 is 0. The predicted molar refractivity (Wildman–Crippen MR) is 77.3 cm³/mol. The first-order valence-corrected chi connectivity index (χ1v) is 7.38. The smallest absolute Gasteiger partial charge is 0.303 e. The van der Waals surface area contributed by atoms with Gasteiger partial charge in [-0.2, -0.15) is 0 Å². The van der Waals surface area contributed by atoms with Crippen LogP contribution in [-0.4, -0.2) is 65.5 Å². The Balaban J connectivity index is 2.29. The number of carbonyl (C=O) groups is 2. The number of hydrogen-bond donors (Lipinski definition) is 2. The van der Waals surface area contributed by atoms with E-state index in [2.05, 4.69) is 18.7 Å². The van der Waals surface area contributed by atoms with Gasteiger partial charge in [0.1, 0.15) is 0 Å². The maximum Gasteiger partial charge on any atom is 0.303 e. The van der Waals surface area contributed by atoms with Gasteiger partial charge in [0, 0.05) is 32.6 Å². The zero-order valence-corrected chi connectivity index (χ0v) is 12.5. The van der Waals surface area contributed by atoms with Crippen LogP contribution in [0.15, 0.2) is 0 Å². The SMILES string of the molecule is CC(C)CCN1CCN(C(=O)C(N)CCC(=O)O)CC1. The minimum atomic E-state index is -0.910. The Morgan fingerprint density at radius 1 is 1.15 bits per heavy atom. The molecule has 1 amide bonds. The molecule has 3 N–H and O–H groups in total. The number of aliphatic carboxylic acids is 1. The molecule has 1 aliphatic heterocycles. The average Bonchev–Trinajstić information content (AvgIpc) is 2.42. The van der Waals surface area contributed by atoms with E-state index in [0.717, 1.165) is 19.6 Å². The van der Waals surface area contributed by atoms with Gasteiger partial charge < -0.3 is 15.7 Å². The molecule has 0 saturated carbocycles. The van der Waals surface area contributed by atoms with Crippen molar-refractivity contribution in [3.63, 3.8) is 0 Å². The summed E-state index contributed by atoms with van der Waals surface area (Å²) in [5.41, 5.74) is 5.76. The summed E-state index contributed by atoms with van der Waals surface area (Å²) < 4.78 is 0. The van der Waals surface area contributed by atoms with Crippen LogP contribution >= 0.6 is 0 Å². The Morgan fingerprint density at radius 2 is 1.75 bits per heavy atom. The van der Waals surface area contributed by atoms with E-state index in [4.69, 9.17) is 10.8 Å². The molecule has 6 nitrogen and oxygen atoms in total. The lowest BCUT2D eigenvalue weighted by Crippen LogP contribution is -2.53. The Bertz CT molecular complexity index is 326. The summed E-state index contributed by atoms with van der Waals surface area (Å²) in [5, 5.41) is 8.61. The molecule has 1 unspecified atom stereocenters. The normalized spacial score (nSPS) is 18.3. The summed E-state index contributed by atoms with van der Waals surface area (Å²) in [6.07, 6.45) is 1.33. The molecule has 1 heterocycles. The van der Waals surface area contributed by atoms with Gasteiger partial charge in [-0.25, -0.2) is 0 Å². The van der Waals surface area contributed by atoms with E-state index in [1.807, 2.05) is 0 Å². The van der Waals surface area contributed by atoms with Crippen molar-refractivity contribution in [3.8, 4) is 0 Å². The van der Waals surface area contributed by atoms with Crippen LogP contribution in [0.25, 0.3) is 0 Å². The van der Waals surface area contributed by atoms with E-state index < -0.39 is 12.0 Å². The number of nitrogens with two attached hydrogens (primary N) is 1. The van der Waals surface area contributed by atoms with Crippen LogP contribution in [0.3, 0.4) is 0 Å². The molecule has 0 aromatic rings. The minimum absolute atomic E-state index is 0.0543. The number of amides is 1. The van der Waals surface area contributed by atoms with E-state index in [0.29, 0.717) is 19.0 Å². The maximum atomic E-state index is 12.1. The third kappa shape index (κ3) is 5.88. The second-order valence-corrected chi connectivity index (χ2v) is 5.89. The van der Waals surface area contributed by atoms with Gasteiger partial charge in [-0.3, -0.25) is 14.5 Å². The molecule has 116 valence electrons. The number of hydrogen-bond acceptors (Lipinski definition) is 4. The van der Waals surface area contributed by atoms with Crippen molar-refractivity contribution < 1.29 is 14.7 Å². The second-order valence-electron chi connectivity index (χ2n) is 5.89. The van der Waals surface area contributed by atoms with Crippen molar-refractivity contribution in [1.82, 2.24) is 9.80 Å². The van der Waals surface area contributed by atoms with Crippen molar-refractivity contribution in [2.45, 2.75) is 39.2 Å². The van der Waals surface area contributed by atoms with Crippen molar-refractivity contribution in [2.75, 3.05) is 32.7 Å². The summed E-state index contributed by atoms with van der Waals surface area (Å²) in [4.78, 5) is 26.7. The Morgan fingerprint density at radius 3 is 2.25 bits per heavy atom. The zero-order valence-electron chi connectivity index (χ0n) is 12.5. The van der Waals surface area contributed by atoms with Crippen molar-refractivity contribution >= 4 is 11.9 Å². The summed E-state index contributed by atoms with van der Waals surface area (Å²) in [5.74, 6) is -0.333. The molecular formula is C14H27N3O3. The zero-order chi connectivity index (χ0) is 15.1. The van der Waals surface area contributed by atoms with Crippen LogP contribution < -0.4 is 5.73 Å². The quantitative estimate of drug-likeness (QED) is 0.705. The molecule has 1 fully saturated rings. The van der Waals surface area contributed by atoms with Gasteiger partial charge in [0.15, 0.2) is 0 Å². The summed E-state index contributed by atoms with van der Waals surface area (Å²) in [6, 6.07) is -0.687. The van der Waals surface area contributed by atoms with Crippen molar-refractivity contribution in [3.05, 3.63) is 0 Å². The van der Waals surface area contributed by atoms with Crippen molar-refractivity contribution in [2.24, 2.45) is 11.7 Å². The number of rotatable bonds is 7. The fraction of sp³-hybridized carbons (Fsp3) is 0.857. The van der Waals surface area contributed by atoms with Gasteiger partial charge in [0.25, 0.3) is 0 Å². The topological polar surface area (TPSA) is 86.9 Å². The predicted octanol–water partition coefficient (Wildman–Crippen LogP) is 0.369. The number of nitrogens with zero attached hydrogens (tertiary/aromatic N) is 2. The molecule has 1 aliphatic rings. The summed E-state index contributed by atoms with van der Waals surface area (Å²) in [7, 11) is 0. The van der Waals surface area contributed by atoms with Crippen LogP contribution in [0, 0.1) is 5.92 Å². The van der Waals surface area contributed by atoms with Gasteiger partial charge in [-0.15, -0.1) is 0 Å². The van der Waals surface area contributed by atoms with E-state index in [1.54, 1.807) is 4.90 Å². The molecular weight excluding hydrogens is 258 g/mol. The highest BCUT2D eigenvalue weighted by atomic mass is 16.4. The first kappa shape index (κ1) is 16.9.